The summed E-state index contributed by atoms with van der Waals surface area (Å²) in [5.74, 6) is -1.61. The third kappa shape index (κ3) is 4.91. The van der Waals surface area contributed by atoms with E-state index in [-0.39, 0.29) is 5.56 Å². The minimum Gasteiger partial charge on any atom is -0.465 e. The van der Waals surface area contributed by atoms with Crippen LogP contribution in [0.3, 0.4) is 0 Å². The maximum Gasteiger partial charge on any atom is 0.338 e. The Hall–Kier alpha value is -3.93. The van der Waals surface area contributed by atoms with Crippen LogP contribution >= 0.6 is 0 Å². The maximum atomic E-state index is 12.6. The molecule has 0 heterocycles. The Balaban J connectivity index is 1.67. The van der Waals surface area contributed by atoms with Crippen LogP contribution < -0.4 is 5.32 Å². The minimum atomic E-state index is -1.01. The number of methoxy groups -OCH3 is 1. The lowest BCUT2D eigenvalue weighted by Gasteiger charge is -2.16. The topological polar surface area (TPSA) is 81.7 Å². The summed E-state index contributed by atoms with van der Waals surface area (Å²) in [6, 6.07) is 22.9. The molecule has 0 saturated heterocycles. The monoisotopic (exact) mass is 403 g/mol. The second-order valence-electron chi connectivity index (χ2n) is 6.52. The van der Waals surface area contributed by atoms with Gasteiger partial charge in [-0.05, 0) is 42.8 Å². The van der Waals surface area contributed by atoms with Gasteiger partial charge < -0.3 is 14.8 Å². The fraction of sp³-hybridized carbons (Fsp3) is 0.125. The van der Waals surface area contributed by atoms with Gasteiger partial charge in [-0.25, -0.2) is 9.59 Å². The van der Waals surface area contributed by atoms with Gasteiger partial charge in [0.05, 0.1) is 18.2 Å². The number of para-hydroxylation sites is 1. The normalized spacial score (nSPS) is 11.3. The Morgan fingerprint density at radius 3 is 1.97 bits per heavy atom. The average Bonchev–Trinajstić information content (AvgIpc) is 2.79. The molecule has 6 nitrogen and oxygen atoms in total. The molecule has 152 valence electrons. The predicted octanol–water partition coefficient (Wildman–Crippen LogP) is 4.32. The van der Waals surface area contributed by atoms with Gasteiger partial charge in [0.2, 0.25) is 0 Å². The van der Waals surface area contributed by atoms with Crippen molar-refractivity contribution in [2.45, 2.75) is 13.0 Å². The highest BCUT2D eigenvalue weighted by atomic mass is 16.5. The van der Waals surface area contributed by atoms with Crippen molar-refractivity contribution in [3.8, 4) is 11.1 Å². The molecule has 1 atom stereocenters. The number of amides is 1. The highest BCUT2D eigenvalue weighted by molar-refractivity contribution is 6.00. The molecule has 0 fully saturated rings. The molecular weight excluding hydrogens is 382 g/mol. The summed E-state index contributed by atoms with van der Waals surface area (Å²) in [6.45, 7) is 1.50. The molecule has 3 aromatic carbocycles. The summed E-state index contributed by atoms with van der Waals surface area (Å²) in [5, 5.41) is 2.82. The third-order valence-electron chi connectivity index (χ3n) is 4.46. The molecule has 6 heteroatoms. The Morgan fingerprint density at radius 1 is 0.767 bits per heavy atom. The van der Waals surface area contributed by atoms with Crippen molar-refractivity contribution < 1.29 is 23.9 Å². The van der Waals surface area contributed by atoms with Crippen LogP contribution in [0.4, 0.5) is 5.69 Å². The van der Waals surface area contributed by atoms with Crippen molar-refractivity contribution >= 4 is 23.5 Å². The quantitative estimate of drug-likeness (QED) is 0.620. The van der Waals surface area contributed by atoms with E-state index in [4.69, 9.17) is 4.74 Å². The van der Waals surface area contributed by atoms with E-state index in [0.29, 0.717) is 11.3 Å². The lowest BCUT2D eigenvalue weighted by molar-refractivity contribution is -0.123. The van der Waals surface area contributed by atoms with Gasteiger partial charge in [-0.3, -0.25) is 4.79 Å². The second kappa shape index (κ2) is 9.52. The molecule has 30 heavy (non-hydrogen) atoms. The Labute approximate surface area is 174 Å². The average molecular weight is 403 g/mol. The Bertz CT molecular complexity index is 1040. The Kier molecular flexibility index (Phi) is 6.60. The van der Waals surface area contributed by atoms with E-state index in [9.17, 15) is 14.4 Å². The van der Waals surface area contributed by atoms with Crippen LogP contribution in [0.1, 0.15) is 27.6 Å². The molecule has 1 N–H and O–H groups in total. The summed E-state index contributed by atoms with van der Waals surface area (Å²) in [7, 11) is 1.28. The first-order chi connectivity index (χ1) is 14.5. The zero-order chi connectivity index (χ0) is 21.5. The van der Waals surface area contributed by atoms with E-state index in [0.717, 1.165) is 11.1 Å². The van der Waals surface area contributed by atoms with Crippen LogP contribution in [0.15, 0.2) is 78.9 Å². The Morgan fingerprint density at radius 2 is 1.33 bits per heavy atom. The van der Waals surface area contributed by atoms with Gasteiger partial charge in [0, 0.05) is 11.3 Å². The lowest BCUT2D eigenvalue weighted by Crippen LogP contribution is -2.30. The number of carbonyl (C=O) groups excluding carboxylic acids is 3. The molecule has 0 unspecified atom stereocenters. The zero-order valence-electron chi connectivity index (χ0n) is 16.6. The summed E-state index contributed by atoms with van der Waals surface area (Å²) in [4.78, 5) is 36.4. The minimum absolute atomic E-state index is 0.229. The third-order valence-corrected chi connectivity index (χ3v) is 4.46. The van der Waals surface area contributed by atoms with E-state index >= 15 is 0 Å². The number of nitrogens with one attached hydrogen (secondary N) is 1. The van der Waals surface area contributed by atoms with Crippen LogP contribution in [0, 0.1) is 0 Å². The van der Waals surface area contributed by atoms with Gasteiger partial charge in [0.1, 0.15) is 0 Å². The summed E-state index contributed by atoms with van der Waals surface area (Å²) in [6.07, 6.45) is -1.01. The first-order valence-electron chi connectivity index (χ1n) is 9.34. The summed E-state index contributed by atoms with van der Waals surface area (Å²) < 4.78 is 9.90. The van der Waals surface area contributed by atoms with Crippen LogP contribution in [0.5, 0.6) is 0 Å². The second-order valence-corrected chi connectivity index (χ2v) is 6.52. The van der Waals surface area contributed by atoms with Gasteiger partial charge in [-0.2, -0.15) is 0 Å². The fourth-order valence-corrected chi connectivity index (χ4v) is 2.84. The van der Waals surface area contributed by atoms with Gasteiger partial charge in [0.25, 0.3) is 5.91 Å². The number of hydrogen-bond donors (Lipinski definition) is 1. The van der Waals surface area contributed by atoms with Crippen molar-refractivity contribution in [1.29, 1.82) is 0 Å². The molecule has 0 aliphatic carbocycles. The van der Waals surface area contributed by atoms with Gasteiger partial charge in [-0.1, -0.05) is 48.5 Å². The molecule has 0 aliphatic heterocycles. The molecule has 0 saturated carbocycles. The number of anilines is 1. The number of hydrogen-bond acceptors (Lipinski definition) is 5. The predicted molar refractivity (Wildman–Crippen MR) is 113 cm³/mol. The molecular formula is C24H21NO5. The lowest BCUT2D eigenvalue weighted by atomic mass is 10.0. The van der Waals surface area contributed by atoms with Gasteiger partial charge in [-0.15, -0.1) is 0 Å². The first kappa shape index (κ1) is 20.8. The molecule has 0 bridgehead atoms. The van der Waals surface area contributed by atoms with E-state index in [2.05, 4.69) is 10.1 Å². The molecule has 0 radical (unpaired) electrons. The fourth-order valence-electron chi connectivity index (χ4n) is 2.84. The standard InChI is InChI=1S/C24H21NO5/c1-16(30-24(28)19-14-12-18(13-15-19)23(27)29-2)22(26)25-21-11-7-6-10-20(21)17-8-4-3-5-9-17/h3-16H,1-2H3,(H,25,26)/t16-/m1/s1. The number of benzene rings is 3. The number of esters is 2. The number of carbonyl (C=O) groups is 3. The van der Waals surface area contributed by atoms with E-state index in [1.54, 1.807) is 6.07 Å². The number of rotatable bonds is 6. The molecule has 1 amide bonds. The van der Waals surface area contributed by atoms with Crippen LogP contribution in [0.25, 0.3) is 11.1 Å². The van der Waals surface area contributed by atoms with Crippen molar-refractivity contribution in [1.82, 2.24) is 0 Å². The highest BCUT2D eigenvalue weighted by Gasteiger charge is 2.20. The first-order valence-corrected chi connectivity index (χ1v) is 9.34. The van der Waals surface area contributed by atoms with Crippen LogP contribution in [-0.2, 0) is 14.3 Å². The zero-order valence-corrected chi connectivity index (χ0v) is 16.6. The largest absolute Gasteiger partial charge is 0.465 e. The molecule has 3 aromatic rings. The smallest absolute Gasteiger partial charge is 0.338 e. The van der Waals surface area contributed by atoms with Crippen molar-refractivity contribution in [2.24, 2.45) is 0 Å². The van der Waals surface area contributed by atoms with Crippen LogP contribution in [0.2, 0.25) is 0 Å². The maximum absolute atomic E-state index is 12.6. The molecule has 3 rings (SSSR count). The SMILES string of the molecule is COC(=O)c1ccc(C(=O)O[C@H](C)C(=O)Nc2ccccc2-c2ccccc2)cc1. The van der Waals surface area contributed by atoms with E-state index in [1.165, 1.54) is 38.3 Å². The van der Waals surface area contributed by atoms with Crippen molar-refractivity contribution in [3.63, 3.8) is 0 Å². The summed E-state index contributed by atoms with van der Waals surface area (Å²) >= 11 is 0. The molecule has 0 spiro atoms. The number of ether oxygens (including phenoxy) is 2. The van der Waals surface area contributed by atoms with Gasteiger partial charge >= 0.3 is 11.9 Å². The van der Waals surface area contributed by atoms with Crippen molar-refractivity contribution in [2.75, 3.05) is 12.4 Å². The molecule has 0 aliphatic rings. The van der Waals surface area contributed by atoms with E-state index in [1.807, 2.05) is 48.5 Å². The van der Waals surface area contributed by atoms with Gasteiger partial charge in [0.15, 0.2) is 6.10 Å². The summed E-state index contributed by atoms with van der Waals surface area (Å²) in [5.41, 5.74) is 3.00. The van der Waals surface area contributed by atoms with Crippen LogP contribution in [-0.4, -0.2) is 31.1 Å². The van der Waals surface area contributed by atoms with Crippen molar-refractivity contribution in [3.05, 3.63) is 90.0 Å². The van der Waals surface area contributed by atoms with E-state index < -0.39 is 23.9 Å². The molecule has 0 aromatic heterocycles. The highest BCUT2D eigenvalue weighted by Crippen LogP contribution is 2.27.